The third-order valence-electron chi connectivity index (χ3n) is 12.3. The van der Waals surface area contributed by atoms with Gasteiger partial charge in [-0.25, -0.2) is 9.97 Å². The number of para-hydroxylation sites is 2. The van der Waals surface area contributed by atoms with Crippen LogP contribution in [-0.2, 0) is 0 Å². The minimum absolute atomic E-state index is 0.619. The molecule has 3 heterocycles. The normalized spacial score (nSPS) is 11.9. The van der Waals surface area contributed by atoms with Gasteiger partial charge in [0.1, 0.15) is 11.2 Å². The van der Waals surface area contributed by atoms with Gasteiger partial charge in [0.05, 0.1) is 22.2 Å². The van der Waals surface area contributed by atoms with Crippen LogP contribution in [0.1, 0.15) is 0 Å². The average Bonchev–Trinajstić information content (AvgIpc) is 3.87. The number of rotatable bonds is 5. The summed E-state index contributed by atoms with van der Waals surface area (Å²) in [6.45, 7) is 0. The Kier molecular flexibility index (Phi) is 7.24. The number of fused-ring (bicyclic) bond motifs is 12. The maximum absolute atomic E-state index is 6.41. The van der Waals surface area contributed by atoms with Crippen molar-refractivity contribution in [2.24, 2.45) is 0 Å². The third kappa shape index (κ3) is 5.21. The number of hydrogen-bond donors (Lipinski definition) is 0. The lowest BCUT2D eigenvalue weighted by molar-refractivity contribution is 0.669. The molecular formula is C56H34N4O. The quantitative estimate of drug-likeness (QED) is 0.175. The van der Waals surface area contributed by atoms with Crippen LogP contribution in [0.4, 0.5) is 17.1 Å². The summed E-state index contributed by atoms with van der Waals surface area (Å²) in [5, 5.41) is 12.6. The van der Waals surface area contributed by atoms with Crippen molar-refractivity contribution < 1.29 is 4.42 Å². The van der Waals surface area contributed by atoms with Gasteiger partial charge in [-0.05, 0) is 111 Å². The van der Waals surface area contributed by atoms with Crippen LogP contribution in [0.3, 0.4) is 0 Å². The molecule has 0 bridgehead atoms. The SMILES string of the molecule is c1ccc(N(c2ccc3ccccc3c2)c2ccc3c(c2)c2c4ccccc4ccc2n3-c2nc(-c3ccc4oc5ccc6ccccc6c5c4c3)c3ccccc3n2)cc1. The van der Waals surface area contributed by atoms with E-state index in [0.717, 1.165) is 83.0 Å². The minimum atomic E-state index is 0.619. The Labute approximate surface area is 350 Å². The summed E-state index contributed by atoms with van der Waals surface area (Å²) in [5.41, 5.74) is 9.81. The van der Waals surface area contributed by atoms with E-state index in [9.17, 15) is 0 Å². The highest BCUT2D eigenvalue weighted by molar-refractivity contribution is 6.22. The number of hydrogen-bond acceptors (Lipinski definition) is 4. The van der Waals surface area contributed by atoms with Gasteiger partial charge in [0, 0.05) is 49.6 Å². The van der Waals surface area contributed by atoms with Crippen LogP contribution in [0.5, 0.6) is 0 Å². The van der Waals surface area contributed by atoms with Crippen LogP contribution in [0.15, 0.2) is 211 Å². The smallest absolute Gasteiger partial charge is 0.235 e. The van der Waals surface area contributed by atoms with Crippen molar-refractivity contribution in [2.45, 2.75) is 0 Å². The molecule has 5 nitrogen and oxygen atoms in total. The van der Waals surface area contributed by atoms with Crippen molar-refractivity contribution in [3.05, 3.63) is 206 Å². The molecule has 3 aromatic heterocycles. The fourth-order valence-corrected chi connectivity index (χ4v) is 9.55. The van der Waals surface area contributed by atoms with Crippen LogP contribution < -0.4 is 4.90 Å². The lowest BCUT2D eigenvalue weighted by atomic mass is 10.0. The first-order valence-electron chi connectivity index (χ1n) is 20.6. The third-order valence-corrected chi connectivity index (χ3v) is 12.3. The second kappa shape index (κ2) is 13.1. The minimum Gasteiger partial charge on any atom is -0.456 e. The molecule has 0 saturated heterocycles. The molecule has 0 radical (unpaired) electrons. The predicted molar refractivity (Wildman–Crippen MR) is 254 cm³/mol. The predicted octanol–water partition coefficient (Wildman–Crippen LogP) is 15.2. The molecule has 10 aromatic carbocycles. The largest absolute Gasteiger partial charge is 0.456 e. The summed E-state index contributed by atoms with van der Waals surface area (Å²) in [5.74, 6) is 0.619. The number of anilines is 3. The second-order valence-corrected chi connectivity index (χ2v) is 15.8. The summed E-state index contributed by atoms with van der Waals surface area (Å²) >= 11 is 0. The average molecular weight is 779 g/mol. The highest BCUT2D eigenvalue weighted by atomic mass is 16.3. The van der Waals surface area contributed by atoms with Gasteiger partial charge in [0.2, 0.25) is 5.95 Å². The molecule has 61 heavy (non-hydrogen) atoms. The van der Waals surface area contributed by atoms with Crippen LogP contribution in [-0.4, -0.2) is 14.5 Å². The van der Waals surface area contributed by atoms with Crippen molar-refractivity contribution in [3.63, 3.8) is 0 Å². The molecule has 0 aliphatic rings. The Balaban J connectivity index is 1.07. The lowest BCUT2D eigenvalue weighted by Crippen LogP contribution is -2.10. The first-order chi connectivity index (χ1) is 30.2. The molecule has 0 amide bonds. The molecule has 0 spiro atoms. The monoisotopic (exact) mass is 778 g/mol. The summed E-state index contributed by atoms with van der Waals surface area (Å²) < 4.78 is 8.66. The van der Waals surface area contributed by atoms with E-state index in [1.165, 1.54) is 32.3 Å². The van der Waals surface area contributed by atoms with Gasteiger partial charge in [-0.3, -0.25) is 4.57 Å². The Morgan fingerprint density at radius 2 is 1.00 bits per heavy atom. The number of furan rings is 1. The van der Waals surface area contributed by atoms with Gasteiger partial charge >= 0.3 is 0 Å². The van der Waals surface area contributed by atoms with Crippen molar-refractivity contribution in [3.8, 4) is 17.2 Å². The molecule has 13 aromatic rings. The van der Waals surface area contributed by atoms with E-state index in [4.69, 9.17) is 14.4 Å². The zero-order valence-electron chi connectivity index (χ0n) is 32.8. The fourth-order valence-electron chi connectivity index (χ4n) is 9.55. The topological polar surface area (TPSA) is 47.1 Å². The van der Waals surface area contributed by atoms with E-state index in [2.05, 4.69) is 216 Å². The lowest BCUT2D eigenvalue weighted by Gasteiger charge is -2.26. The van der Waals surface area contributed by atoms with Gasteiger partial charge in [-0.2, -0.15) is 0 Å². The molecular weight excluding hydrogens is 745 g/mol. The Hall–Kier alpha value is -8.28. The summed E-state index contributed by atoms with van der Waals surface area (Å²) in [7, 11) is 0. The van der Waals surface area contributed by atoms with E-state index in [0.29, 0.717) is 5.95 Å². The van der Waals surface area contributed by atoms with Gasteiger partial charge in [0.15, 0.2) is 0 Å². The summed E-state index contributed by atoms with van der Waals surface area (Å²) in [6.07, 6.45) is 0. The molecule has 0 atom stereocenters. The van der Waals surface area contributed by atoms with Crippen molar-refractivity contribution >= 4 is 104 Å². The molecule has 5 heteroatoms. The standard InChI is InChI=1S/C56H34N4O/c1-2-16-40(17-3-1)59(41-26-22-35-12-4-5-15-38(35)32-41)42-27-29-49-46(34-42)53-43-18-8-6-13-36(43)23-28-50(53)60(49)56-57-48-21-11-10-20-45(48)55(58-56)39-25-30-51-47(33-39)54-44-19-9-7-14-37(44)24-31-52(54)61-51/h1-34H. The Bertz CT molecular complexity index is 3900. The number of aromatic nitrogens is 3. The zero-order chi connectivity index (χ0) is 40.0. The zero-order valence-corrected chi connectivity index (χ0v) is 32.8. The van der Waals surface area contributed by atoms with Gasteiger partial charge in [0.25, 0.3) is 0 Å². The highest BCUT2D eigenvalue weighted by Crippen LogP contribution is 2.43. The molecule has 13 rings (SSSR count). The van der Waals surface area contributed by atoms with Crippen LogP contribution in [0.2, 0.25) is 0 Å². The molecule has 0 saturated carbocycles. The van der Waals surface area contributed by atoms with Crippen LogP contribution in [0, 0.1) is 0 Å². The maximum atomic E-state index is 6.41. The maximum Gasteiger partial charge on any atom is 0.235 e. The van der Waals surface area contributed by atoms with E-state index >= 15 is 0 Å². The first kappa shape index (κ1) is 33.7. The van der Waals surface area contributed by atoms with Gasteiger partial charge in [-0.1, -0.05) is 127 Å². The fraction of sp³-hybridized carbons (Fsp3) is 0. The van der Waals surface area contributed by atoms with Crippen molar-refractivity contribution in [1.29, 1.82) is 0 Å². The highest BCUT2D eigenvalue weighted by Gasteiger charge is 2.22. The molecule has 0 aliphatic carbocycles. The molecule has 0 fully saturated rings. The van der Waals surface area contributed by atoms with Gasteiger partial charge < -0.3 is 9.32 Å². The second-order valence-electron chi connectivity index (χ2n) is 15.8. The number of benzene rings is 10. The van der Waals surface area contributed by atoms with Crippen LogP contribution >= 0.6 is 0 Å². The summed E-state index contributed by atoms with van der Waals surface area (Å²) in [4.78, 5) is 13.2. The van der Waals surface area contributed by atoms with E-state index in [1.807, 2.05) is 0 Å². The van der Waals surface area contributed by atoms with Gasteiger partial charge in [-0.15, -0.1) is 0 Å². The Morgan fingerprint density at radius 3 is 1.84 bits per heavy atom. The van der Waals surface area contributed by atoms with E-state index in [-0.39, 0.29) is 0 Å². The molecule has 284 valence electrons. The molecule has 0 unspecified atom stereocenters. The van der Waals surface area contributed by atoms with Crippen LogP contribution in [0.25, 0.3) is 104 Å². The van der Waals surface area contributed by atoms with E-state index in [1.54, 1.807) is 0 Å². The Morgan fingerprint density at radius 1 is 0.377 bits per heavy atom. The van der Waals surface area contributed by atoms with Crippen molar-refractivity contribution in [1.82, 2.24) is 14.5 Å². The van der Waals surface area contributed by atoms with E-state index < -0.39 is 0 Å². The first-order valence-corrected chi connectivity index (χ1v) is 20.6. The molecule has 0 aliphatic heterocycles. The van der Waals surface area contributed by atoms with Crippen molar-refractivity contribution in [2.75, 3.05) is 4.90 Å². The molecule has 0 N–H and O–H groups in total. The number of nitrogens with zero attached hydrogens (tertiary/aromatic N) is 4. The summed E-state index contributed by atoms with van der Waals surface area (Å²) in [6, 6.07) is 73.3.